The highest BCUT2D eigenvalue weighted by Crippen LogP contribution is 2.17. The van der Waals surface area contributed by atoms with Gasteiger partial charge < -0.3 is 10.5 Å². The second-order valence-electron chi connectivity index (χ2n) is 5.72. The average molecular weight is 322 g/mol. The monoisotopic (exact) mass is 322 g/mol. The summed E-state index contributed by atoms with van der Waals surface area (Å²) in [5.41, 5.74) is 6.73. The molecule has 2 rings (SSSR count). The van der Waals surface area contributed by atoms with E-state index in [2.05, 4.69) is 23.1 Å². The van der Waals surface area contributed by atoms with Crippen molar-refractivity contribution in [1.29, 1.82) is 0 Å². The van der Waals surface area contributed by atoms with E-state index in [1.54, 1.807) is 0 Å². The van der Waals surface area contributed by atoms with Crippen molar-refractivity contribution in [1.82, 2.24) is 9.91 Å². The van der Waals surface area contributed by atoms with Crippen LogP contribution in [0.25, 0.3) is 0 Å². The van der Waals surface area contributed by atoms with Crippen LogP contribution in [0.3, 0.4) is 0 Å². The molecule has 22 heavy (non-hydrogen) atoms. The minimum absolute atomic E-state index is 0.212. The number of hydrogen-bond donors (Lipinski definition) is 2. The molecule has 0 spiro atoms. The summed E-state index contributed by atoms with van der Waals surface area (Å²) in [6.07, 6.45) is 4.78. The molecule has 0 atom stereocenters. The van der Waals surface area contributed by atoms with Crippen LogP contribution in [0.2, 0.25) is 0 Å². The third kappa shape index (κ3) is 5.79. The molecule has 0 amide bonds. The van der Waals surface area contributed by atoms with Gasteiger partial charge in [0.1, 0.15) is 5.75 Å². The van der Waals surface area contributed by atoms with Crippen LogP contribution < -0.4 is 16.3 Å². The maximum absolute atomic E-state index is 5.78. The van der Waals surface area contributed by atoms with Crippen LogP contribution in [0.4, 0.5) is 0 Å². The second-order valence-corrected chi connectivity index (χ2v) is 6.14. The zero-order chi connectivity index (χ0) is 15.8. The minimum atomic E-state index is 0.212. The van der Waals surface area contributed by atoms with Crippen molar-refractivity contribution >= 4 is 17.3 Å². The standard InChI is InChI=1S/C16H26N4OS/c17-16(22)20(18)10-5-11-21-15-7-4-6-14(12-15)13-19-8-2-1-3-9-19/h4,6-7,12H,1-3,5,8-11,13,18H2,(H2,17,22). The van der Waals surface area contributed by atoms with Crippen LogP contribution in [0.5, 0.6) is 5.75 Å². The number of likely N-dealkylation sites (tertiary alicyclic amines) is 1. The number of thiocarbonyl (C=S) groups is 1. The lowest BCUT2D eigenvalue weighted by molar-refractivity contribution is 0.220. The first-order valence-electron chi connectivity index (χ1n) is 7.91. The molecule has 1 saturated heterocycles. The topological polar surface area (TPSA) is 67.8 Å². The van der Waals surface area contributed by atoms with Crippen LogP contribution >= 0.6 is 12.2 Å². The maximum Gasteiger partial charge on any atom is 0.180 e. The predicted octanol–water partition coefficient (Wildman–Crippen LogP) is 1.86. The van der Waals surface area contributed by atoms with E-state index in [4.69, 9.17) is 28.5 Å². The molecule has 1 fully saturated rings. The molecule has 0 saturated carbocycles. The van der Waals surface area contributed by atoms with Gasteiger partial charge in [-0.2, -0.15) is 0 Å². The van der Waals surface area contributed by atoms with E-state index in [1.807, 2.05) is 6.07 Å². The predicted molar refractivity (Wildman–Crippen MR) is 93.4 cm³/mol. The summed E-state index contributed by atoms with van der Waals surface area (Å²) in [5, 5.41) is 1.58. The molecule has 4 N–H and O–H groups in total. The van der Waals surface area contributed by atoms with E-state index in [9.17, 15) is 0 Å². The molecular formula is C16H26N4OS. The van der Waals surface area contributed by atoms with E-state index >= 15 is 0 Å². The molecular weight excluding hydrogens is 296 g/mol. The Balaban J connectivity index is 1.74. The summed E-state index contributed by atoms with van der Waals surface area (Å²) >= 11 is 4.79. The Labute approximate surface area is 138 Å². The first kappa shape index (κ1) is 17.0. The number of ether oxygens (including phenoxy) is 1. The fourth-order valence-corrected chi connectivity index (χ4v) is 2.74. The van der Waals surface area contributed by atoms with Gasteiger partial charge >= 0.3 is 0 Å². The number of benzene rings is 1. The summed E-state index contributed by atoms with van der Waals surface area (Å²) in [5.74, 6) is 6.54. The first-order valence-corrected chi connectivity index (χ1v) is 8.32. The van der Waals surface area contributed by atoms with Gasteiger partial charge in [-0.3, -0.25) is 9.91 Å². The van der Waals surface area contributed by atoms with Gasteiger partial charge in [0.2, 0.25) is 0 Å². The lowest BCUT2D eigenvalue weighted by atomic mass is 10.1. The number of hydrazine groups is 1. The Bertz CT molecular complexity index is 477. The summed E-state index contributed by atoms with van der Waals surface area (Å²) in [6.45, 7) is 4.62. The molecule has 0 bridgehead atoms. The molecule has 1 heterocycles. The Morgan fingerprint density at radius 2 is 2.05 bits per heavy atom. The van der Waals surface area contributed by atoms with E-state index in [1.165, 1.54) is 42.9 Å². The van der Waals surface area contributed by atoms with Crippen LogP contribution in [0.15, 0.2) is 24.3 Å². The Kier molecular flexibility index (Phi) is 6.89. The number of nitrogens with zero attached hydrogens (tertiary/aromatic N) is 2. The van der Waals surface area contributed by atoms with Gasteiger partial charge in [-0.05, 0) is 55.8 Å². The SMILES string of the molecule is NC(=S)N(N)CCCOc1cccc(CN2CCCCC2)c1. The third-order valence-corrected chi connectivity index (χ3v) is 4.08. The lowest BCUT2D eigenvalue weighted by Crippen LogP contribution is -2.42. The zero-order valence-electron chi connectivity index (χ0n) is 13.0. The summed E-state index contributed by atoms with van der Waals surface area (Å²) < 4.78 is 5.78. The summed E-state index contributed by atoms with van der Waals surface area (Å²) in [7, 11) is 0. The van der Waals surface area contributed by atoms with Crippen molar-refractivity contribution in [3.63, 3.8) is 0 Å². The van der Waals surface area contributed by atoms with E-state index in [0.29, 0.717) is 13.2 Å². The Morgan fingerprint density at radius 3 is 2.77 bits per heavy atom. The van der Waals surface area contributed by atoms with E-state index in [-0.39, 0.29) is 5.11 Å². The summed E-state index contributed by atoms with van der Waals surface area (Å²) in [6, 6.07) is 8.34. The largest absolute Gasteiger partial charge is 0.494 e. The van der Waals surface area contributed by atoms with Gasteiger partial charge in [0.15, 0.2) is 5.11 Å². The molecule has 0 aliphatic carbocycles. The fourth-order valence-electron chi connectivity index (χ4n) is 2.64. The third-order valence-electron chi connectivity index (χ3n) is 3.85. The van der Waals surface area contributed by atoms with Gasteiger partial charge in [0.25, 0.3) is 0 Å². The fraction of sp³-hybridized carbons (Fsp3) is 0.562. The number of piperidine rings is 1. The van der Waals surface area contributed by atoms with Gasteiger partial charge in [-0.25, -0.2) is 5.84 Å². The molecule has 0 unspecified atom stereocenters. The quantitative estimate of drug-likeness (QED) is 0.346. The smallest absolute Gasteiger partial charge is 0.180 e. The zero-order valence-corrected chi connectivity index (χ0v) is 13.9. The van der Waals surface area contributed by atoms with Crippen molar-refractivity contribution in [2.24, 2.45) is 11.6 Å². The van der Waals surface area contributed by atoms with Gasteiger partial charge in [0, 0.05) is 19.5 Å². The second kappa shape index (κ2) is 8.92. The molecule has 1 aliphatic rings. The highest BCUT2D eigenvalue weighted by molar-refractivity contribution is 7.80. The van der Waals surface area contributed by atoms with Crippen molar-refractivity contribution in [2.75, 3.05) is 26.2 Å². The van der Waals surface area contributed by atoms with Crippen LogP contribution in [0, 0.1) is 0 Å². The maximum atomic E-state index is 5.78. The van der Waals surface area contributed by atoms with E-state index in [0.717, 1.165) is 18.7 Å². The molecule has 0 aromatic heterocycles. The Hall–Kier alpha value is -1.37. The first-order chi connectivity index (χ1) is 10.6. The highest BCUT2D eigenvalue weighted by Gasteiger charge is 2.10. The highest BCUT2D eigenvalue weighted by atomic mass is 32.1. The minimum Gasteiger partial charge on any atom is -0.494 e. The molecule has 1 aromatic rings. The molecule has 6 heteroatoms. The van der Waals surface area contributed by atoms with Gasteiger partial charge in [-0.15, -0.1) is 0 Å². The van der Waals surface area contributed by atoms with E-state index < -0.39 is 0 Å². The van der Waals surface area contributed by atoms with Gasteiger partial charge in [-0.1, -0.05) is 18.6 Å². The van der Waals surface area contributed by atoms with Crippen molar-refractivity contribution in [2.45, 2.75) is 32.2 Å². The van der Waals surface area contributed by atoms with Crippen molar-refractivity contribution < 1.29 is 4.74 Å². The lowest BCUT2D eigenvalue weighted by Gasteiger charge is -2.26. The van der Waals surface area contributed by atoms with Crippen LogP contribution in [0.1, 0.15) is 31.2 Å². The summed E-state index contributed by atoms with van der Waals surface area (Å²) in [4.78, 5) is 2.51. The van der Waals surface area contributed by atoms with Crippen LogP contribution in [-0.2, 0) is 6.54 Å². The average Bonchev–Trinajstić information content (AvgIpc) is 2.52. The number of nitrogens with two attached hydrogens (primary N) is 2. The molecule has 0 radical (unpaired) electrons. The molecule has 122 valence electrons. The van der Waals surface area contributed by atoms with Crippen molar-refractivity contribution in [3.8, 4) is 5.75 Å². The normalized spacial score (nSPS) is 15.5. The van der Waals surface area contributed by atoms with Gasteiger partial charge in [0.05, 0.1) is 6.61 Å². The molecule has 5 nitrogen and oxygen atoms in total. The molecule has 1 aliphatic heterocycles. The molecule has 1 aromatic carbocycles. The van der Waals surface area contributed by atoms with Crippen LogP contribution in [-0.4, -0.2) is 41.3 Å². The number of rotatable bonds is 7. The van der Waals surface area contributed by atoms with Crippen molar-refractivity contribution in [3.05, 3.63) is 29.8 Å². The number of hydrogen-bond acceptors (Lipinski definition) is 4. The Morgan fingerprint density at radius 1 is 1.27 bits per heavy atom.